The van der Waals surface area contributed by atoms with Crippen molar-refractivity contribution in [2.45, 2.75) is 51.4 Å². The maximum Gasteiger partial charge on any atom is 0.190 e. The van der Waals surface area contributed by atoms with E-state index in [4.69, 9.17) is 4.89 Å². The molecule has 0 bridgehead atoms. The summed E-state index contributed by atoms with van der Waals surface area (Å²) < 4.78 is 0. The van der Waals surface area contributed by atoms with Crippen LogP contribution < -0.4 is 0 Å². The summed E-state index contributed by atoms with van der Waals surface area (Å²) in [6.45, 7) is 5.01. The first-order valence-corrected chi connectivity index (χ1v) is 6.67. The molecule has 1 aliphatic rings. The van der Waals surface area contributed by atoms with Crippen molar-refractivity contribution in [3.63, 3.8) is 0 Å². The van der Waals surface area contributed by atoms with E-state index in [1.807, 2.05) is 25.1 Å². The molecule has 3 unspecified atom stereocenters. The fraction of sp³-hybridized carbons (Fsp3) is 0.571. The minimum absolute atomic E-state index is 0.175. The standard InChI is InChI=1S/C14H20N2O3/c1-11-8-9-14(12(2)18-19-15-17)16(11)10-13-6-4-3-5-7-13/h3-7,11-12,14H,8-10H2,1-2H3. The third-order valence-electron chi connectivity index (χ3n) is 3.85. The molecule has 1 aromatic carbocycles. The fourth-order valence-electron chi connectivity index (χ4n) is 2.79. The van der Waals surface area contributed by atoms with Crippen LogP contribution in [0.3, 0.4) is 0 Å². The zero-order valence-electron chi connectivity index (χ0n) is 11.4. The minimum Gasteiger partial charge on any atom is -0.291 e. The van der Waals surface area contributed by atoms with Crippen LogP contribution in [0.1, 0.15) is 32.3 Å². The Morgan fingerprint density at radius 3 is 2.79 bits per heavy atom. The molecule has 0 radical (unpaired) electrons. The summed E-state index contributed by atoms with van der Waals surface area (Å²) in [5.41, 5.74) is 1.28. The van der Waals surface area contributed by atoms with Gasteiger partial charge in [-0.05, 0) is 32.3 Å². The molecule has 0 saturated carbocycles. The van der Waals surface area contributed by atoms with E-state index >= 15 is 0 Å². The van der Waals surface area contributed by atoms with E-state index in [-0.39, 0.29) is 12.1 Å². The van der Waals surface area contributed by atoms with Crippen LogP contribution in [0.2, 0.25) is 0 Å². The van der Waals surface area contributed by atoms with Gasteiger partial charge in [-0.1, -0.05) is 30.3 Å². The zero-order valence-corrected chi connectivity index (χ0v) is 11.4. The van der Waals surface area contributed by atoms with Crippen LogP contribution in [0.5, 0.6) is 0 Å². The van der Waals surface area contributed by atoms with Gasteiger partial charge in [-0.3, -0.25) is 4.90 Å². The van der Waals surface area contributed by atoms with E-state index in [0.717, 1.165) is 19.4 Å². The Morgan fingerprint density at radius 2 is 2.11 bits per heavy atom. The van der Waals surface area contributed by atoms with Gasteiger partial charge < -0.3 is 0 Å². The molecule has 0 aliphatic carbocycles. The molecule has 0 spiro atoms. The average Bonchev–Trinajstić information content (AvgIpc) is 2.79. The fourth-order valence-corrected chi connectivity index (χ4v) is 2.79. The Balaban J connectivity index is 2.01. The second-order valence-corrected chi connectivity index (χ2v) is 5.10. The van der Waals surface area contributed by atoms with Gasteiger partial charge in [0, 0.05) is 18.6 Å². The van der Waals surface area contributed by atoms with Crippen molar-refractivity contribution in [1.82, 2.24) is 4.90 Å². The molecule has 3 atom stereocenters. The molecule has 1 aliphatic heterocycles. The maximum atomic E-state index is 9.95. The highest BCUT2D eigenvalue weighted by atomic mass is 17.3. The predicted octanol–water partition coefficient (Wildman–Crippen LogP) is 3.06. The van der Waals surface area contributed by atoms with E-state index in [1.165, 1.54) is 5.56 Å². The van der Waals surface area contributed by atoms with E-state index < -0.39 is 0 Å². The molecule has 0 N–H and O–H groups in total. The van der Waals surface area contributed by atoms with E-state index in [2.05, 4.69) is 34.3 Å². The Hall–Kier alpha value is -1.46. The van der Waals surface area contributed by atoms with Crippen molar-refractivity contribution in [3.05, 3.63) is 40.8 Å². The van der Waals surface area contributed by atoms with E-state index in [0.29, 0.717) is 6.04 Å². The lowest BCUT2D eigenvalue weighted by atomic mass is 10.1. The highest BCUT2D eigenvalue weighted by Gasteiger charge is 2.35. The zero-order chi connectivity index (χ0) is 13.7. The summed E-state index contributed by atoms with van der Waals surface area (Å²) in [5, 5.41) is 2.28. The van der Waals surface area contributed by atoms with Gasteiger partial charge >= 0.3 is 0 Å². The molecule has 0 aromatic heterocycles. The van der Waals surface area contributed by atoms with Crippen LogP contribution in [-0.2, 0) is 16.4 Å². The smallest absolute Gasteiger partial charge is 0.190 e. The first-order valence-electron chi connectivity index (χ1n) is 6.67. The molecule has 1 saturated heterocycles. The average molecular weight is 264 g/mol. The Morgan fingerprint density at radius 1 is 1.37 bits per heavy atom. The Kier molecular flexibility index (Phi) is 4.87. The minimum atomic E-state index is -0.175. The summed E-state index contributed by atoms with van der Waals surface area (Å²) in [6, 6.07) is 11.1. The van der Waals surface area contributed by atoms with Crippen LogP contribution in [0.25, 0.3) is 0 Å². The number of benzene rings is 1. The molecule has 1 fully saturated rings. The van der Waals surface area contributed by atoms with Gasteiger partial charge in [0.25, 0.3) is 0 Å². The van der Waals surface area contributed by atoms with Crippen molar-refractivity contribution in [3.8, 4) is 0 Å². The summed E-state index contributed by atoms with van der Waals surface area (Å²) in [6.07, 6.45) is 1.99. The number of rotatable bonds is 6. The van der Waals surface area contributed by atoms with Crippen LogP contribution in [-0.4, -0.2) is 23.1 Å². The van der Waals surface area contributed by atoms with Gasteiger partial charge in [0.05, 0.1) is 0 Å². The van der Waals surface area contributed by atoms with Crippen molar-refractivity contribution >= 4 is 0 Å². The first-order chi connectivity index (χ1) is 9.22. The molecular weight excluding hydrogens is 244 g/mol. The monoisotopic (exact) mass is 264 g/mol. The van der Waals surface area contributed by atoms with Gasteiger partial charge in [0.1, 0.15) is 6.10 Å². The van der Waals surface area contributed by atoms with Gasteiger partial charge in [-0.2, -0.15) is 9.88 Å². The highest BCUT2D eigenvalue weighted by Crippen LogP contribution is 2.29. The molecule has 5 nitrogen and oxygen atoms in total. The Bertz CT molecular complexity index is 399. The predicted molar refractivity (Wildman–Crippen MR) is 71.9 cm³/mol. The van der Waals surface area contributed by atoms with Crippen molar-refractivity contribution in [2.75, 3.05) is 0 Å². The lowest BCUT2D eigenvalue weighted by Gasteiger charge is -2.30. The molecule has 5 heteroatoms. The molecule has 1 aromatic rings. The molecule has 0 amide bonds. The van der Waals surface area contributed by atoms with Crippen LogP contribution >= 0.6 is 0 Å². The topological polar surface area (TPSA) is 51.1 Å². The SMILES string of the molecule is CC(OON=O)C1CCC(C)N1Cc1ccccc1. The number of hydrogen-bond donors (Lipinski definition) is 0. The van der Waals surface area contributed by atoms with E-state index in [9.17, 15) is 4.91 Å². The molecular formula is C14H20N2O3. The van der Waals surface area contributed by atoms with Crippen LogP contribution in [0.4, 0.5) is 0 Å². The van der Waals surface area contributed by atoms with Gasteiger partial charge in [0.2, 0.25) is 0 Å². The summed E-state index contributed by atoms with van der Waals surface area (Å²) in [7, 11) is 0. The summed E-state index contributed by atoms with van der Waals surface area (Å²) in [4.78, 5) is 21.5. The Labute approximate surface area is 113 Å². The normalized spacial score (nSPS) is 25.2. The third kappa shape index (κ3) is 3.52. The van der Waals surface area contributed by atoms with E-state index in [1.54, 1.807) is 0 Å². The largest absolute Gasteiger partial charge is 0.291 e. The quantitative estimate of drug-likeness (QED) is 0.450. The first kappa shape index (κ1) is 14.0. The molecule has 2 rings (SSSR count). The van der Waals surface area contributed by atoms with Crippen LogP contribution in [0, 0.1) is 4.91 Å². The van der Waals surface area contributed by atoms with Gasteiger partial charge in [-0.25, -0.2) is 0 Å². The van der Waals surface area contributed by atoms with Crippen molar-refractivity contribution < 1.29 is 9.88 Å². The summed E-state index contributed by atoms with van der Waals surface area (Å²) in [5.74, 6) is 0. The number of hydrogen-bond acceptors (Lipinski definition) is 5. The van der Waals surface area contributed by atoms with Gasteiger partial charge in [0.15, 0.2) is 5.34 Å². The number of nitrogens with zero attached hydrogens (tertiary/aromatic N) is 2. The lowest BCUT2D eigenvalue weighted by molar-refractivity contribution is -0.332. The van der Waals surface area contributed by atoms with Gasteiger partial charge in [-0.15, -0.1) is 4.91 Å². The third-order valence-corrected chi connectivity index (χ3v) is 3.85. The van der Waals surface area contributed by atoms with Crippen LogP contribution in [0.15, 0.2) is 35.7 Å². The molecule has 19 heavy (non-hydrogen) atoms. The molecule has 104 valence electrons. The van der Waals surface area contributed by atoms with Crippen molar-refractivity contribution in [2.24, 2.45) is 5.34 Å². The number of likely N-dealkylation sites (tertiary alicyclic amines) is 1. The lowest BCUT2D eigenvalue weighted by Crippen LogP contribution is -2.41. The second-order valence-electron chi connectivity index (χ2n) is 5.10. The summed E-state index contributed by atoms with van der Waals surface area (Å²) >= 11 is 0. The molecule has 1 heterocycles. The van der Waals surface area contributed by atoms with Crippen molar-refractivity contribution in [1.29, 1.82) is 0 Å². The highest BCUT2D eigenvalue weighted by molar-refractivity contribution is 5.15. The maximum absolute atomic E-state index is 9.95. The second kappa shape index (κ2) is 6.63.